The molecule has 0 bridgehead atoms. The Hall–Kier alpha value is -6.13. The summed E-state index contributed by atoms with van der Waals surface area (Å²) in [5.74, 6) is -9.67. The van der Waals surface area contributed by atoms with Crippen LogP contribution in [0.5, 0.6) is 0 Å². The fourth-order valence-electron chi connectivity index (χ4n) is 10.4. The van der Waals surface area contributed by atoms with Gasteiger partial charge in [0.15, 0.2) is 0 Å². The lowest BCUT2D eigenvalue weighted by atomic mass is 9.91. The Balaban J connectivity index is 4.27. The molecule has 0 saturated carbocycles. The molecule has 23 heteroatoms. The van der Waals surface area contributed by atoms with Gasteiger partial charge < -0.3 is 60.7 Å². The number of hydrogen-bond donors (Lipinski definition) is 5. The molecule has 0 aromatic rings. The second-order valence-electron chi connectivity index (χ2n) is 25.6. The van der Waals surface area contributed by atoms with Crippen molar-refractivity contribution in [2.45, 2.75) is 210 Å². The smallest absolute Gasteiger partial charge is 0.246 e. The van der Waals surface area contributed by atoms with Crippen LogP contribution in [0, 0.1) is 41.4 Å². The second-order valence-corrected chi connectivity index (χ2v) is 25.6. The summed E-state index contributed by atoms with van der Waals surface area (Å²) >= 11 is 0. The molecule has 11 amide bonds. The molecule has 1 saturated heterocycles. The zero-order chi connectivity index (χ0) is 65.1. The van der Waals surface area contributed by atoms with E-state index in [0.29, 0.717) is 6.42 Å². The molecule has 1 aliphatic rings. The number of likely N-dealkylation sites (N-methyl/N-ethyl adjacent to an activating group) is 7. The van der Waals surface area contributed by atoms with E-state index in [2.05, 4.69) is 21.3 Å². The first kappa shape index (κ1) is 75.9. The van der Waals surface area contributed by atoms with Crippen LogP contribution in [-0.4, -0.2) is 227 Å². The molecule has 5 N–H and O–H groups in total. The highest BCUT2D eigenvalue weighted by Crippen LogP contribution is 2.25. The van der Waals surface area contributed by atoms with Crippen LogP contribution in [0.2, 0.25) is 0 Å². The molecule has 1 heterocycles. The summed E-state index contributed by atoms with van der Waals surface area (Å²) in [7, 11) is 9.90. The van der Waals surface area contributed by atoms with E-state index in [-0.39, 0.29) is 55.8 Å². The number of aliphatic hydroxyl groups is 1. The average molecular weight is 1190 g/mol. The Labute approximate surface area is 502 Å². The van der Waals surface area contributed by atoms with Gasteiger partial charge in [-0.05, 0) is 93.8 Å². The standard InChI is InChI=1S/C61H109N11O12/c1-24-26-27-40(15)52(75)51-56(79)64-42(25-2)57(80)66(17)33-48(74)67(18)43(28-34(3)4)55(78)65-49(38(11)12)60(83)69(20)44(29-35(5)6)54(77)63-41(16)53(76)62-32-47(73)68(19)45(30-36(7)8)58(81)70(21)46(31-37(9)10)59(82)71(22)50(39(13)14)61(84)72(51)23/h24,26,34-46,49-52,75H,25,27-33H2,1-23H3,(H,62,76)(H,63,77)(H,64,79)(H,65,78)/b26-24+/t40-,41-,42?,43+,44-,45?,46?,49-,50?,51?,52-/m1/s1. The van der Waals surface area contributed by atoms with Gasteiger partial charge in [-0.25, -0.2) is 0 Å². The molecule has 0 aliphatic carbocycles. The SMILES string of the molecule is C/C=C/C[C@@H](C)[C@@H](O)C1C(=O)NC(CC)C(=O)N(C)CC(=O)N(C)[C@@H](CC(C)C)C(=O)N[C@H](C(C)C)C(=O)N(C)[C@H](CC(C)C)C(=O)N[C@H](C)C(=O)NCC(=O)N(C)C(CC(C)C)C(=O)N(C)C(CC(C)C)C(=O)N(C)C(C(C)C)C(=O)N1C. The third kappa shape index (κ3) is 21.4. The van der Waals surface area contributed by atoms with Crippen molar-refractivity contribution in [2.75, 3.05) is 62.4 Å². The Kier molecular flexibility index (Phi) is 31.4. The van der Waals surface area contributed by atoms with E-state index in [1.165, 1.54) is 80.8 Å². The summed E-state index contributed by atoms with van der Waals surface area (Å²) in [6.45, 7) is 27.3. The third-order valence-corrected chi connectivity index (χ3v) is 15.8. The fourth-order valence-corrected chi connectivity index (χ4v) is 10.4. The lowest BCUT2D eigenvalue weighted by molar-refractivity contribution is -0.157. The van der Waals surface area contributed by atoms with Crippen molar-refractivity contribution in [3.05, 3.63) is 12.2 Å². The van der Waals surface area contributed by atoms with Gasteiger partial charge in [0.1, 0.15) is 54.4 Å². The summed E-state index contributed by atoms with van der Waals surface area (Å²) in [6.07, 6.45) is 3.06. The largest absolute Gasteiger partial charge is 0.390 e. The highest BCUT2D eigenvalue weighted by atomic mass is 16.3. The Morgan fingerprint density at radius 1 is 0.488 bits per heavy atom. The van der Waals surface area contributed by atoms with Gasteiger partial charge in [-0.1, -0.05) is 109 Å². The average Bonchev–Trinajstić information content (AvgIpc) is 2.61. The number of rotatable bonds is 15. The first-order chi connectivity index (χ1) is 38.8. The van der Waals surface area contributed by atoms with E-state index < -0.39 is 156 Å². The molecule has 0 aromatic heterocycles. The fraction of sp³-hybridized carbons (Fsp3) is 0.787. The van der Waals surface area contributed by atoms with Crippen LogP contribution in [0.3, 0.4) is 0 Å². The zero-order valence-corrected chi connectivity index (χ0v) is 55.2. The van der Waals surface area contributed by atoms with Gasteiger partial charge >= 0.3 is 0 Å². The van der Waals surface area contributed by atoms with Crippen molar-refractivity contribution < 1.29 is 57.8 Å². The van der Waals surface area contributed by atoms with Gasteiger partial charge in [-0.15, -0.1) is 0 Å². The number of nitrogens with zero attached hydrogens (tertiary/aromatic N) is 7. The number of nitrogens with one attached hydrogen (secondary N) is 4. The van der Waals surface area contributed by atoms with Gasteiger partial charge in [0.2, 0.25) is 65.0 Å². The van der Waals surface area contributed by atoms with Crippen LogP contribution < -0.4 is 21.3 Å². The minimum absolute atomic E-state index is 0.0238. The Morgan fingerprint density at radius 3 is 1.38 bits per heavy atom. The van der Waals surface area contributed by atoms with Crippen molar-refractivity contribution in [1.29, 1.82) is 0 Å². The van der Waals surface area contributed by atoms with Gasteiger partial charge in [-0.2, -0.15) is 0 Å². The van der Waals surface area contributed by atoms with E-state index in [4.69, 9.17) is 0 Å². The summed E-state index contributed by atoms with van der Waals surface area (Å²) < 4.78 is 0. The lowest BCUT2D eigenvalue weighted by Gasteiger charge is -2.41. The number of hydrogen-bond acceptors (Lipinski definition) is 12. The van der Waals surface area contributed by atoms with E-state index in [0.717, 1.165) is 9.80 Å². The van der Waals surface area contributed by atoms with Gasteiger partial charge in [0, 0.05) is 49.3 Å². The maximum Gasteiger partial charge on any atom is 0.246 e. The van der Waals surface area contributed by atoms with E-state index in [1.807, 2.05) is 55.4 Å². The molecule has 11 atom stereocenters. The summed E-state index contributed by atoms with van der Waals surface area (Å²) in [4.78, 5) is 168. The summed E-state index contributed by atoms with van der Waals surface area (Å²) in [5, 5.41) is 22.9. The molecule has 23 nitrogen and oxygen atoms in total. The van der Waals surface area contributed by atoms with Gasteiger partial charge in [0.05, 0.1) is 19.2 Å². The number of allylic oxidation sites excluding steroid dienone is 2. The van der Waals surface area contributed by atoms with Gasteiger partial charge in [-0.3, -0.25) is 52.7 Å². The number of aliphatic hydroxyl groups excluding tert-OH is 1. The molecule has 1 rings (SSSR count). The van der Waals surface area contributed by atoms with Crippen LogP contribution in [0.25, 0.3) is 0 Å². The number of carbonyl (C=O) groups is 11. The molecular formula is C61H109N11O12. The number of amides is 11. The first-order valence-corrected chi connectivity index (χ1v) is 30.1. The predicted molar refractivity (Wildman–Crippen MR) is 324 cm³/mol. The third-order valence-electron chi connectivity index (χ3n) is 15.8. The van der Waals surface area contributed by atoms with Crippen molar-refractivity contribution in [2.24, 2.45) is 41.4 Å². The quantitative estimate of drug-likeness (QED) is 0.148. The van der Waals surface area contributed by atoms with E-state index in [9.17, 15) is 48.3 Å². The van der Waals surface area contributed by atoms with Crippen molar-refractivity contribution in [1.82, 2.24) is 55.6 Å². The monoisotopic (exact) mass is 1190 g/mol. The normalized spacial score (nSPS) is 26.2. The van der Waals surface area contributed by atoms with E-state index >= 15 is 9.59 Å². The minimum Gasteiger partial charge on any atom is -0.390 e. The number of carbonyl (C=O) groups excluding carboxylic acids is 11. The molecule has 0 radical (unpaired) electrons. The maximum absolute atomic E-state index is 15.1. The lowest BCUT2D eigenvalue weighted by Crippen LogP contribution is -2.63. The molecule has 1 aliphatic heterocycles. The van der Waals surface area contributed by atoms with Gasteiger partial charge in [0.25, 0.3) is 0 Å². The maximum atomic E-state index is 15.1. The first-order valence-electron chi connectivity index (χ1n) is 30.1. The highest BCUT2D eigenvalue weighted by molar-refractivity contribution is 5.99. The predicted octanol–water partition coefficient (Wildman–Crippen LogP) is 2.88. The summed E-state index contributed by atoms with van der Waals surface area (Å²) in [5.41, 5.74) is 0. The van der Waals surface area contributed by atoms with Crippen LogP contribution in [0.1, 0.15) is 149 Å². The summed E-state index contributed by atoms with van der Waals surface area (Å²) in [6, 6.07) is -11.0. The zero-order valence-electron chi connectivity index (χ0n) is 55.2. The molecule has 0 aromatic carbocycles. The topological polar surface area (TPSA) is 279 Å². The molecule has 5 unspecified atom stereocenters. The highest BCUT2D eigenvalue weighted by Gasteiger charge is 2.45. The van der Waals surface area contributed by atoms with Crippen molar-refractivity contribution in [3.8, 4) is 0 Å². The molecule has 1 fully saturated rings. The molecule has 480 valence electrons. The van der Waals surface area contributed by atoms with E-state index in [1.54, 1.807) is 60.6 Å². The van der Waals surface area contributed by atoms with Crippen LogP contribution >= 0.6 is 0 Å². The van der Waals surface area contributed by atoms with Crippen molar-refractivity contribution >= 4 is 65.0 Å². The Morgan fingerprint density at radius 2 is 0.917 bits per heavy atom. The van der Waals surface area contributed by atoms with Crippen molar-refractivity contribution in [3.63, 3.8) is 0 Å². The Bertz CT molecular complexity index is 2290. The molecule has 84 heavy (non-hydrogen) atoms. The minimum atomic E-state index is -1.61. The van der Waals surface area contributed by atoms with Crippen LogP contribution in [-0.2, 0) is 52.7 Å². The molecule has 0 spiro atoms. The molecular weight excluding hydrogens is 1080 g/mol. The van der Waals surface area contributed by atoms with Crippen LogP contribution in [0.15, 0.2) is 12.2 Å². The van der Waals surface area contributed by atoms with Crippen LogP contribution in [0.4, 0.5) is 0 Å². The second kappa shape index (κ2) is 34.7.